The maximum Gasteiger partial charge on any atom is 0.325 e. The predicted molar refractivity (Wildman–Crippen MR) is 117 cm³/mol. The summed E-state index contributed by atoms with van der Waals surface area (Å²) < 4.78 is 0. The van der Waals surface area contributed by atoms with E-state index >= 15 is 0 Å². The van der Waals surface area contributed by atoms with Gasteiger partial charge in [0.2, 0.25) is 5.91 Å². The van der Waals surface area contributed by atoms with Crippen LogP contribution in [-0.4, -0.2) is 76.2 Å². The number of hydrogen-bond acceptors (Lipinski definition) is 4. The molecule has 2 atom stereocenters. The summed E-state index contributed by atoms with van der Waals surface area (Å²) in [5, 5.41) is 2.95. The second-order valence-electron chi connectivity index (χ2n) is 9.72. The van der Waals surface area contributed by atoms with E-state index < -0.39 is 5.54 Å². The molecule has 1 aromatic carbocycles. The molecular formula is C24H30N4O4. The number of likely N-dealkylation sites (tertiary alicyclic amines) is 2. The topological polar surface area (TPSA) is 90.0 Å². The van der Waals surface area contributed by atoms with Gasteiger partial charge in [-0.15, -0.1) is 0 Å². The molecule has 4 fully saturated rings. The molecule has 3 heterocycles. The number of imide groups is 1. The largest absolute Gasteiger partial charge is 0.342 e. The van der Waals surface area contributed by atoms with Crippen molar-refractivity contribution in [3.8, 4) is 0 Å². The molecule has 0 aromatic heterocycles. The highest BCUT2D eigenvalue weighted by molar-refractivity contribution is 6.07. The first-order chi connectivity index (χ1) is 15.4. The highest BCUT2D eigenvalue weighted by Gasteiger charge is 2.55. The van der Waals surface area contributed by atoms with Crippen molar-refractivity contribution in [2.45, 2.75) is 50.6 Å². The highest BCUT2D eigenvalue weighted by atomic mass is 16.2. The van der Waals surface area contributed by atoms with Gasteiger partial charge >= 0.3 is 6.03 Å². The van der Waals surface area contributed by atoms with Crippen molar-refractivity contribution >= 4 is 23.8 Å². The number of nitrogens with one attached hydrogen (secondary N) is 1. The van der Waals surface area contributed by atoms with Gasteiger partial charge in [0.15, 0.2) is 0 Å². The second-order valence-corrected chi connectivity index (χ2v) is 9.72. The smallest absolute Gasteiger partial charge is 0.325 e. The first-order valence-electron chi connectivity index (χ1n) is 11.7. The van der Waals surface area contributed by atoms with E-state index in [-0.39, 0.29) is 35.7 Å². The summed E-state index contributed by atoms with van der Waals surface area (Å²) in [5.74, 6) is 0.645. The normalized spacial score (nSPS) is 27.6. The number of rotatable bonds is 3. The van der Waals surface area contributed by atoms with Gasteiger partial charge in [-0.2, -0.15) is 0 Å². The molecule has 8 heteroatoms. The number of nitrogens with zero attached hydrogens (tertiary/aromatic N) is 3. The lowest BCUT2D eigenvalue weighted by atomic mass is 9.86. The fraction of sp³-hybridized carbons (Fsp3) is 0.583. The van der Waals surface area contributed by atoms with Gasteiger partial charge in [0.25, 0.3) is 11.8 Å². The molecule has 0 unspecified atom stereocenters. The molecule has 1 N–H and O–H groups in total. The summed E-state index contributed by atoms with van der Waals surface area (Å²) in [5.41, 5.74) is -0.283. The molecule has 5 amide bonds. The molecule has 3 saturated heterocycles. The molecule has 1 aromatic rings. The maximum atomic E-state index is 13.4. The molecule has 4 aliphatic rings. The monoisotopic (exact) mass is 438 g/mol. The minimum Gasteiger partial charge on any atom is -0.342 e. The molecule has 1 spiro atoms. The van der Waals surface area contributed by atoms with Crippen LogP contribution in [0.25, 0.3) is 0 Å². The lowest BCUT2D eigenvalue weighted by molar-refractivity contribution is -0.137. The van der Waals surface area contributed by atoms with Crippen LogP contribution in [0.2, 0.25) is 0 Å². The third-order valence-electron chi connectivity index (χ3n) is 7.69. The molecule has 3 aliphatic heterocycles. The van der Waals surface area contributed by atoms with E-state index in [9.17, 15) is 19.2 Å². The molecule has 1 saturated carbocycles. The number of carbonyl (C=O) groups excluding carboxylic acids is 4. The summed E-state index contributed by atoms with van der Waals surface area (Å²) >= 11 is 0. The minimum absolute atomic E-state index is 0.0453. The van der Waals surface area contributed by atoms with Crippen LogP contribution in [0.15, 0.2) is 30.3 Å². The average molecular weight is 439 g/mol. The van der Waals surface area contributed by atoms with Crippen molar-refractivity contribution in [1.82, 2.24) is 20.0 Å². The molecule has 1 aliphatic carbocycles. The van der Waals surface area contributed by atoms with Crippen molar-refractivity contribution < 1.29 is 19.2 Å². The van der Waals surface area contributed by atoms with Crippen LogP contribution in [0, 0.1) is 11.8 Å². The van der Waals surface area contributed by atoms with Gasteiger partial charge in [0.1, 0.15) is 5.54 Å². The van der Waals surface area contributed by atoms with Gasteiger partial charge in [0.05, 0.1) is 0 Å². The number of piperidine rings is 2. The number of amides is 5. The summed E-state index contributed by atoms with van der Waals surface area (Å²) in [4.78, 5) is 56.4. The van der Waals surface area contributed by atoms with E-state index in [4.69, 9.17) is 0 Å². The maximum absolute atomic E-state index is 13.4. The Hall–Kier alpha value is -2.90. The van der Waals surface area contributed by atoms with Gasteiger partial charge in [-0.3, -0.25) is 19.3 Å². The van der Waals surface area contributed by atoms with Crippen LogP contribution in [0.4, 0.5) is 4.79 Å². The van der Waals surface area contributed by atoms with Crippen LogP contribution >= 0.6 is 0 Å². The van der Waals surface area contributed by atoms with Crippen molar-refractivity contribution in [2.24, 2.45) is 11.8 Å². The second kappa shape index (κ2) is 7.90. The molecule has 170 valence electrons. The predicted octanol–water partition coefficient (Wildman–Crippen LogP) is 1.86. The zero-order chi connectivity index (χ0) is 22.5. The summed E-state index contributed by atoms with van der Waals surface area (Å²) in [6, 6.07) is 8.61. The Morgan fingerprint density at radius 1 is 0.969 bits per heavy atom. The summed E-state index contributed by atoms with van der Waals surface area (Å²) in [6.07, 6.45) is 3.06. The first kappa shape index (κ1) is 21.0. The SMILES string of the molecule is C[C@@H]1C[C@H]1C(=O)N1CCC(N2C(=O)NC3(CCN(C(=O)c4ccccc4)CC3)C2=O)CC1. The van der Waals surface area contributed by atoms with Crippen molar-refractivity contribution in [2.75, 3.05) is 26.2 Å². The molecule has 0 bridgehead atoms. The van der Waals surface area contributed by atoms with Crippen LogP contribution in [0.1, 0.15) is 49.4 Å². The van der Waals surface area contributed by atoms with E-state index in [0.29, 0.717) is 63.3 Å². The summed E-state index contributed by atoms with van der Waals surface area (Å²) in [7, 11) is 0. The van der Waals surface area contributed by atoms with Crippen molar-refractivity contribution in [3.05, 3.63) is 35.9 Å². The molecule has 32 heavy (non-hydrogen) atoms. The van der Waals surface area contributed by atoms with E-state index in [1.54, 1.807) is 17.0 Å². The quantitative estimate of drug-likeness (QED) is 0.730. The van der Waals surface area contributed by atoms with Crippen LogP contribution in [0.5, 0.6) is 0 Å². The zero-order valence-corrected chi connectivity index (χ0v) is 18.5. The van der Waals surface area contributed by atoms with Crippen LogP contribution in [-0.2, 0) is 9.59 Å². The molecule has 0 radical (unpaired) electrons. The van der Waals surface area contributed by atoms with Crippen LogP contribution < -0.4 is 5.32 Å². The Bertz CT molecular complexity index is 933. The highest BCUT2D eigenvalue weighted by Crippen LogP contribution is 2.40. The van der Waals surface area contributed by atoms with Gasteiger partial charge in [-0.1, -0.05) is 25.1 Å². The van der Waals surface area contributed by atoms with Gasteiger partial charge in [-0.25, -0.2) is 4.79 Å². The standard InChI is InChI=1S/C24H30N4O4/c1-16-15-19(16)21(30)26-11-7-18(8-12-26)28-22(31)24(25-23(28)32)9-13-27(14-10-24)20(29)17-5-3-2-4-6-17/h2-6,16,18-19H,7-15H2,1H3,(H,25,32)/t16-,19-/m1/s1. The lowest BCUT2D eigenvalue weighted by Gasteiger charge is -2.39. The Morgan fingerprint density at radius 3 is 2.19 bits per heavy atom. The van der Waals surface area contributed by atoms with Crippen molar-refractivity contribution in [3.63, 3.8) is 0 Å². The van der Waals surface area contributed by atoms with E-state index in [1.807, 2.05) is 23.1 Å². The van der Waals surface area contributed by atoms with Gasteiger partial charge in [0, 0.05) is 43.7 Å². The van der Waals surface area contributed by atoms with Crippen LogP contribution in [0.3, 0.4) is 0 Å². The van der Waals surface area contributed by atoms with E-state index in [1.165, 1.54) is 4.90 Å². The molecule has 8 nitrogen and oxygen atoms in total. The zero-order valence-electron chi connectivity index (χ0n) is 18.5. The third-order valence-corrected chi connectivity index (χ3v) is 7.69. The Kier molecular flexibility index (Phi) is 5.18. The van der Waals surface area contributed by atoms with Gasteiger partial charge < -0.3 is 15.1 Å². The Labute approximate surface area is 187 Å². The van der Waals surface area contributed by atoms with Crippen molar-refractivity contribution in [1.29, 1.82) is 0 Å². The minimum atomic E-state index is -0.916. The average Bonchev–Trinajstić information content (AvgIpc) is 3.50. The Morgan fingerprint density at radius 2 is 1.59 bits per heavy atom. The Balaban J connectivity index is 1.19. The fourth-order valence-electron chi connectivity index (χ4n) is 5.41. The number of benzene rings is 1. The van der Waals surface area contributed by atoms with E-state index in [0.717, 1.165) is 6.42 Å². The third kappa shape index (κ3) is 3.55. The lowest BCUT2D eigenvalue weighted by Crippen LogP contribution is -2.56. The number of carbonyl (C=O) groups is 4. The first-order valence-corrected chi connectivity index (χ1v) is 11.7. The molecule has 5 rings (SSSR count). The number of hydrogen-bond donors (Lipinski definition) is 1. The fourth-order valence-corrected chi connectivity index (χ4v) is 5.41. The van der Waals surface area contributed by atoms with Gasteiger partial charge in [-0.05, 0) is 50.2 Å². The van der Waals surface area contributed by atoms with E-state index in [2.05, 4.69) is 12.2 Å². The number of urea groups is 1. The summed E-state index contributed by atoms with van der Waals surface area (Å²) in [6.45, 7) is 4.15. The molecular weight excluding hydrogens is 408 g/mol.